The molecule has 0 aliphatic rings. The molecule has 0 heterocycles. The molecule has 0 saturated carbocycles. The van der Waals surface area contributed by atoms with Crippen LogP contribution in [-0.2, 0) is 4.79 Å². The zero-order chi connectivity index (χ0) is 15.4. The summed E-state index contributed by atoms with van der Waals surface area (Å²) in [6.07, 6.45) is 0. The van der Waals surface area contributed by atoms with Crippen LogP contribution in [-0.4, -0.2) is 34.6 Å². The topological polar surface area (TPSA) is 69.6 Å². The summed E-state index contributed by atoms with van der Waals surface area (Å²) in [5.74, 6) is -2.77. The van der Waals surface area contributed by atoms with E-state index in [0.717, 1.165) is 17.0 Å². The third-order valence-corrected chi connectivity index (χ3v) is 3.05. The van der Waals surface area contributed by atoms with E-state index in [2.05, 4.69) is 21.2 Å². The van der Waals surface area contributed by atoms with Gasteiger partial charge in [-0.05, 0) is 35.8 Å². The number of rotatable bonds is 4. The fourth-order valence-corrected chi connectivity index (χ4v) is 1.76. The lowest BCUT2D eigenvalue weighted by Gasteiger charge is -2.25. The van der Waals surface area contributed by atoms with E-state index in [1.54, 1.807) is 13.8 Å². The molecule has 110 valence electrons. The fraction of sp³-hybridized carbons (Fsp3) is 0.333. The first kappa shape index (κ1) is 16.4. The number of hydrogen-bond donors (Lipinski definition) is 2. The number of urea groups is 1. The maximum Gasteiger partial charge on any atom is 0.323 e. The second kappa shape index (κ2) is 6.65. The zero-order valence-electron chi connectivity index (χ0n) is 10.8. The molecular formula is C12H13BrF2N2O3. The minimum Gasteiger partial charge on any atom is -0.480 e. The predicted octanol–water partition coefficient (Wildman–Crippen LogP) is 3.05. The first-order valence-electron chi connectivity index (χ1n) is 5.66. The van der Waals surface area contributed by atoms with Crippen LogP contribution in [0.25, 0.3) is 0 Å². The molecule has 8 heteroatoms. The maximum atomic E-state index is 13.6. The summed E-state index contributed by atoms with van der Waals surface area (Å²) in [6.45, 7) is 2.69. The standard InChI is InChI=1S/C12H13BrF2N2O3/c1-6(2)17(5-11(18)19)12(20)16-10-4-8(14)7(13)3-9(10)15/h3-4,6H,5H2,1-2H3,(H,16,20)(H,18,19). The van der Waals surface area contributed by atoms with Crippen molar-refractivity contribution in [2.45, 2.75) is 19.9 Å². The van der Waals surface area contributed by atoms with Crippen molar-refractivity contribution in [2.75, 3.05) is 11.9 Å². The summed E-state index contributed by atoms with van der Waals surface area (Å²) < 4.78 is 26.8. The average Bonchev–Trinajstić information content (AvgIpc) is 2.32. The highest BCUT2D eigenvalue weighted by Crippen LogP contribution is 2.23. The normalized spacial score (nSPS) is 10.5. The predicted molar refractivity (Wildman–Crippen MR) is 72.6 cm³/mol. The molecule has 2 N–H and O–H groups in total. The second-order valence-corrected chi connectivity index (χ2v) is 5.15. The van der Waals surface area contributed by atoms with Gasteiger partial charge in [-0.3, -0.25) is 4.79 Å². The summed E-state index contributed by atoms with van der Waals surface area (Å²) in [6, 6.07) is 0.468. The highest BCUT2D eigenvalue weighted by atomic mass is 79.9. The third-order valence-electron chi connectivity index (χ3n) is 2.44. The van der Waals surface area contributed by atoms with Crippen molar-refractivity contribution in [3.05, 3.63) is 28.2 Å². The van der Waals surface area contributed by atoms with E-state index < -0.39 is 36.2 Å². The first-order chi connectivity index (χ1) is 9.22. The molecular weight excluding hydrogens is 338 g/mol. The van der Waals surface area contributed by atoms with Gasteiger partial charge in [-0.2, -0.15) is 0 Å². The van der Waals surface area contributed by atoms with Crippen molar-refractivity contribution in [1.29, 1.82) is 0 Å². The van der Waals surface area contributed by atoms with Crippen LogP contribution in [0.15, 0.2) is 16.6 Å². The van der Waals surface area contributed by atoms with Gasteiger partial charge in [0.15, 0.2) is 0 Å². The maximum absolute atomic E-state index is 13.6. The van der Waals surface area contributed by atoms with Crippen LogP contribution in [0, 0.1) is 11.6 Å². The smallest absolute Gasteiger partial charge is 0.323 e. The number of anilines is 1. The van der Waals surface area contributed by atoms with Crippen molar-refractivity contribution in [1.82, 2.24) is 4.90 Å². The quantitative estimate of drug-likeness (QED) is 0.820. The molecule has 0 fully saturated rings. The first-order valence-corrected chi connectivity index (χ1v) is 6.45. The lowest BCUT2D eigenvalue weighted by molar-refractivity contribution is -0.137. The van der Waals surface area contributed by atoms with E-state index >= 15 is 0 Å². The van der Waals surface area contributed by atoms with Gasteiger partial charge in [-0.25, -0.2) is 13.6 Å². The third kappa shape index (κ3) is 4.16. The van der Waals surface area contributed by atoms with Gasteiger partial charge in [-0.15, -0.1) is 0 Å². The SMILES string of the molecule is CC(C)N(CC(=O)O)C(=O)Nc1cc(F)c(Br)cc1F. The number of hydrogen-bond acceptors (Lipinski definition) is 2. The molecule has 20 heavy (non-hydrogen) atoms. The molecule has 0 spiro atoms. The number of nitrogens with zero attached hydrogens (tertiary/aromatic N) is 1. The van der Waals surface area contributed by atoms with Gasteiger partial charge in [0, 0.05) is 12.1 Å². The van der Waals surface area contributed by atoms with Crippen molar-refractivity contribution < 1.29 is 23.5 Å². The van der Waals surface area contributed by atoms with Gasteiger partial charge in [0.05, 0.1) is 10.2 Å². The number of amides is 2. The summed E-state index contributed by atoms with van der Waals surface area (Å²) in [5.41, 5.74) is -0.355. The number of carbonyl (C=O) groups excluding carboxylic acids is 1. The Morgan fingerprint density at radius 2 is 1.95 bits per heavy atom. The van der Waals surface area contributed by atoms with E-state index in [0.29, 0.717) is 0 Å². The Labute approximate surface area is 122 Å². The van der Waals surface area contributed by atoms with Crippen LogP contribution in [0.1, 0.15) is 13.8 Å². The summed E-state index contributed by atoms with van der Waals surface area (Å²) >= 11 is 2.82. The summed E-state index contributed by atoms with van der Waals surface area (Å²) in [4.78, 5) is 23.6. The Morgan fingerprint density at radius 1 is 1.35 bits per heavy atom. The van der Waals surface area contributed by atoms with Gasteiger partial charge in [0.25, 0.3) is 0 Å². The van der Waals surface area contributed by atoms with Crippen molar-refractivity contribution >= 4 is 33.6 Å². The molecule has 0 aliphatic carbocycles. The monoisotopic (exact) mass is 350 g/mol. The highest BCUT2D eigenvalue weighted by molar-refractivity contribution is 9.10. The molecule has 0 bridgehead atoms. The Balaban J connectivity index is 2.93. The van der Waals surface area contributed by atoms with Crippen LogP contribution in [0.2, 0.25) is 0 Å². The van der Waals surface area contributed by atoms with E-state index in [4.69, 9.17) is 5.11 Å². The van der Waals surface area contributed by atoms with Crippen LogP contribution in [0.3, 0.4) is 0 Å². The van der Waals surface area contributed by atoms with Gasteiger partial charge in [0.2, 0.25) is 0 Å². The van der Waals surface area contributed by atoms with E-state index in [-0.39, 0.29) is 10.2 Å². The summed E-state index contributed by atoms with van der Waals surface area (Å²) in [7, 11) is 0. The van der Waals surface area contributed by atoms with Crippen LogP contribution in [0.5, 0.6) is 0 Å². The summed E-state index contributed by atoms with van der Waals surface area (Å²) in [5, 5.41) is 10.9. The molecule has 2 amide bonds. The lowest BCUT2D eigenvalue weighted by Crippen LogP contribution is -2.43. The number of halogens is 3. The Hall–Kier alpha value is -1.70. The fourth-order valence-electron chi connectivity index (χ4n) is 1.44. The molecule has 0 saturated heterocycles. The molecule has 0 radical (unpaired) electrons. The molecule has 0 atom stereocenters. The van der Waals surface area contributed by atoms with Gasteiger partial charge >= 0.3 is 12.0 Å². The minimum absolute atomic E-state index is 0.0701. The molecule has 1 aromatic rings. The highest BCUT2D eigenvalue weighted by Gasteiger charge is 2.21. The lowest BCUT2D eigenvalue weighted by atomic mass is 10.3. The van der Waals surface area contributed by atoms with Crippen LogP contribution >= 0.6 is 15.9 Å². The van der Waals surface area contributed by atoms with Gasteiger partial charge in [-0.1, -0.05) is 0 Å². The average molecular weight is 351 g/mol. The molecule has 0 aliphatic heterocycles. The van der Waals surface area contributed by atoms with Crippen LogP contribution < -0.4 is 5.32 Å². The Kier molecular flexibility index (Phi) is 5.43. The number of nitrogens with one attached hydrogen (secondary N) is 1. The molecule has 1 rings (SSSR count). The van der Waals surface area contributed by atoms with E-state index in [9.17, 15) is 18.4 Å². The van der Waals surface area contributed by atoms with Crippen molar-refractivity contribution in [3.63, 3.8) is 0 Å². The minimum atomic E-state index is -1.20. The number of carboxylic acids is 1. The number of carbonyl (C=O) groups is 2. The van der Waals surface area contributed by atoms with Gasteiger partial charge in [0.1, 0.15) is 18.2 Å². The number of carboxylic acid groups (broad SMARTS) is 1. The van der Waals surface area contributed by atoms with Crippen molar-refractivity contribution in [2.24, 2.45) is 0 Å². The number of aliphatic carboxylic acids is 1. The second-order valence-electron chi connectivity index (χ2n) is 4.29. The van der Waals surface area contributed by atoms with Crippen molar-refractivity contribution in [3.8, 4) is 0 Å². The molecule has 0 unspecified atom stereocenters. The van der Waals surface area contributed by atoms with E-state index in [1.165, 1.54) is 0 Å². The molecule has 0 aromatic heterocycles. The molecule has 5 nitrogen and oxygen atoms in total. The Bertz CT molecular complexity index is 538. The zero-order valence-corrected chi connectivity index (χ0v) is 12.4. The molecule has 1 aromatic carbocycles. The largest absolute Gasteiger partial charge is 0.480 e. The van der Waals surface area contributed by atoms with E-state index in [1.807, 2.05) is 0 Å². The van der Waals surface area contributed by atoms with Gasteiger partial charge < -0.3 is 15.3 Å². The Morgan fingerprint density at radius 3 is 2.45 bits per heavy atom. The van der Waals surface area contributed by atoms with Crippen LogP contribution in [0.4, 0.5) is 19.3 Å². The number of benzene rings is 1.